The smallest absolute Gasteiger partial charge is 0.407 e. The molecule has 0 aromatic heterocycles. The number of hydrogen-bond acceptors (Lipinski definition) is 5. The van der Waals surface area contributed by atoms with Gasteiger partial charge in [0, 0.05) is 6.54 Å². The molecule has 7 nitrogen and oxygen atoms in total. The quantitative estimate of drug-likeness (QED) is 0.669. The zero-order chi connectivity index (χ0) is 11.4. The fourth-order valence-corrected chi connectivity index (χ4v) is 1.69. The monoisotopic (exact) mass is 238 g/mol. The summed E-state index contributed by atoms with van der Waals surface area (Å²) in [6, 6.07) is 0. The average Bonchev–Trinajstić information content (AvgIpc) is 2.17. The second-order valence-corrected chi connectivity index (χ2v) is 3.74. The van der Waals surface area contributed by atoms with Gasteiger partial charge in [0.2, 0.25) is 0 Å². The first kappa shape index (κ1) is 12.4. The van der Waals surface area contributed by atoms with E-state index in [9.17, 15) is 13.6 Å². The molecule has 0 aromatic carbocycles. The minimum absolute atomic E-state index is 0.119. The van der Waals surface area contributed by atoms with Gasteiger partial charge in [-0.3, -0.25) is 4.18 Å². The van der Waals surface area contributed by atoms with Crippen LogP contribution in [0.2, 0.25) is 0 Å². The van der Waals surface area contributed by atoms with Crippen molar-refractivity contribution >= 4 is 17.5 Å². The van der Waals surface area contributed by atoms with E-state index < -0.39 is 29.7 Å². The number of carbonyl (C=O) groups is 1. The number of ether oxygens (including phenoxy) is 1. The van der Waals surface area contributed by atoms with Gasteiger partial charge in [-0.15, -0.1) is 0 Å². The maximum atomic E-state index is 10.7. The molecule has 1 saturated heterocycles. The predicted octanol–water partition coefficient (Wildman–Crippen LogP) is -0.436. The van der Waals surface area contributed by atoms with E-state index in [0.717, 1.165) is 0 Å². The molecule has 0 spiro atoms. The number of morpholine rings is 1. The highest BCUT2D eigenvalue weighted by atomic mass is 32.2. The molecule has 0 aliphatic carbocycles. The Morgan fingerprint density at radius 1 is 1.80 bits per heavy atom. The number of nitrogens with zero attached hydrogens (tertiary/aromatic N) is 1. The molecule has 1 rings (SSSR count). The van der Waals surface area contributed by atoms with Gasteiger partial charge < -0.3 is 19.3 Å². The van der Waals surface area contributed by atoms with E-state index in [-0.39, 0.29) is 13.2 Å². The van der Waals surface area contributed by atoms with E-state index in [1.54, 1.807) is 0 Å². The Kier molecular flexibility index (Phi) is 4.45. The fourth-order valence-electron chi connectivity index (χ4n) is 1.32. The maximum absolute atomic E-state index is 10.7. The minimum Gasteiger partial charge on any atom is -0.750 e. The molecule has 15 heavy (non-hydrogen) atoms. The van der Waals surface area contributed by atoms with Gasteiger partial charge >= 0.3 is 6.09 Å². The SMILES string of the molecule is CC(OS(=O)[O-])[C@H]1CN(C(=O)O)CCO1. The van der Waals surface area contributed by atoms with Crippen molar-refractivity contribution in [2.24, 2.45) is 0 Å². The molecule has 0 radical (unpaired) electrons. The average molecular weight is 238 g/mol. The summed E-state index contributed by atoms with van der Waals surface area (Å²) in [6.45, 7) is 2.18. The minimum atomic E-state index is -2.62. The predicted molar refractivity (Wildman–Crippen MR) is 48.8 cm³/mol. The van der Waals surface area contributed by atoms with Crippen molar-refractivity contribution in [3.8, 4) is 0 Å². The van der Waals surface area contributed by atoms with Crippen molar-refractivity contribution in [2.75, 3.05) is 19.7 Å². The molecule has 2 unspecified atom stereocenters. The third kappa shape index (κ3) is 3.74. The van der Waals surface area contributed by atoms with Crippen molar-refractivity contribution in [1.82, 2.24) is 4.90 Å². The Hall–Kier alpha value is -0.700. The first-order valence-corrected chi connectivity index (χ1v) is 5.36. The molecule has 0 aromatic rings. The molecule has 3 atom stereocenters. The summed E-state index contributed by atoms with van der Waals surface area (Å²) >= 11 is -2.62. The first-order chi connectivity index (χ1) is 7.00. The van der Waals surface area contributed by atoms with Crippen LogP contribution < -0.4 is 0 Å². The third-order valence-corrected chi connectivity index (χ3v) is 2.58. The molecular weight excluding hydrogens is 226 g/mol. The Morgan fingerprint density at radius 2 is 2.47 bits per heavy atom. The number of carboxylic acid groups (broad SMARTS) is 1. The summed E-state index contributed by atoms with van der Waals surface area (Å²) in [5.41, 5.74) is 0. The van der Waals surface area contributed by atoms with Gasteiger partial charge in [0.1, 0.15) is 6.10 Å². The van der Waals surface area contributed by atoms with Gasteiger partial charge in [-0.25, -0.2) is 9.00 Å². The third-order valence-electron chi connectivity index (χ3n) is 2.12. The molecule has 1 aliphatic rings. The van der Waals surface area contributed by atoms with Crippen molar-refractivity contribution in [3.05, 3.63) is 0 Å². The molecule has 0 bridgehead atoms. The van der Waals surface area contributed by atoms with Crippen LogP contribution in [0.3, 0.4) is 0 Å². The molecule has 1 amide bonds. The Labute approximate surface area is 89.5 Å². The summed E-state index contributed by atoms with van der Waals surface area (Å²) in [5, 5.41) is 8.73. The zero-order valence-corrected chi connectivity index (χ0v) is 8.94. The molecule has 0 saturated carbocycles. The van der Waals surface area contributed by atoms with E-state index in [1.165, 1.54) is 11.8 Å². The van der Waals surface area contributed by atoms with Crippen LogP contribution >= 0.6 is 0 Å². The first-order valence-electron chi connectivity index (χ1n) is 4.36. The van der Waals surface area contributed by atoms with Crippen molar-refractivity contribution < 1.29 is 27.6 Å². The van der Waals surface area contributed by atoms with Gasteiger partial charge in [0.25, 0.3) is 0 Å². The van der Waals surface area contributed by atoms with Crippen molar-refractivity contribution in [2.45, 2.75) is 19.1 Å². The van der Waals surface area contributed by atoms with Crippen molar-refractivity contribution in [1.29, 1.82) is 0 Å². The van der Waals surface area contributed by atoms with E-state index in [0.29, 0.717) is 6.54 Å². The van der Waals surface area contributed by atoms with E-state index in [2.05, 4.69) is 4.18 Å². The highest BCUT2D eigenvalue weighted by Crippen LogP contribution is 2.12. The Bertz CT molecular complexity index is 260. The van der Waals surface area contributed by atoms with Crippen LogP contribution in [0.4, 0.5) is 4.79 Å². The lowest BCUT2D eigenvalue weighted by Gasteiger charge is -2.34. The zero-order valence-electron chi connectivity index (χ0n) is 8.12. The number of hydrogen-bond donors (Lipinski definition) is 1. The van der Waals surface area contributed by atoms with Gasteiger partial charge in [-0.1, -0.05) is 0 Å². The lowest BCUT2D eigenvalue weighted by atomic mass is 10.2. The summed E-state index contributed by atoms with van der Waals surface area (Å²) in [7, 11) is 0. The largest absolute Gasteiger partial charge is 0.750 e. The summed E-state index contributed by atoms with van der Waals surface area (Å²) in [6.07, 6.45) is -2.28. The second kappa shape index (κ2) is 5.40. The standard InChI is InChI=1S/C7H13NO6S/c1-5(14-15(11)12)6-4-8(7(9)10)2-3-13-6/h5-6H,2-4H2,1H3,(H,9,10)(H,11,12)/p-1/t5?,6-/m1/s1. The van der Waals surface area contributed by atoms with Gasteiger partial charge in [-0.05, 0) is 6.92 Å². The van der Waals surface area contributed by atoms with E-state index in [4.69, 9.17) is 9.84 Å². The van der Waals surface area contributed by atoms with Gasteiger partial charge in [-0.2, -0.15) is 0 Å². The molecular formula is C7H12NO6S-. The van der Waals surface area contributed by atoms with E-state index >= 15 is 0 Å². The Morgan fingerprint density at radius 3 is 3.00 bits per heavy atom. The van der Waals surface area contributed by atoms with Crippen LogP contribution in [-0.2, 0) is 20.3 Å². The van der Waals surface area contributed by atoms with Crippen LogP contribution in [-0.4, -0.2) is 56.8 Å². The highest BCUT2D eigenvalue weighted by Gasteiger charge is 2.28. The van der Waals surface area contributed by atoms with Crippen molar-refractivity contribution in [3.63, 3.8) is 0 Å². The number of amides is 1. The fraction of sp³-hybridized carbons (Fsp3) is 0.857. The lowest BCUT2D eigenvalue weighted by molar-refractivity contribution is -0.0675. The van der Waals surface area contributed by atoms with Crippen LogP contribution in [0.1, 0.15) is 6.92 Å². The van der Waals surface area contributed by atoms with Crippen LogP contribution in [0.15, 0.2) is 0 Å². The number of rotatable bonds is 3. The van der Waals surface area contributed by atoms with Crippen LogP contribution in [0.25, 0.3) is 0 Å². The Balaban J connectivity index is 2.48. The second-order valence-electron chi connectivity index (χ2n) is 3.14. The topological polar surface area (TPSA) is 99.1 Å². The van der Waals surface area contributed by atoms with Gasteiger partial charge in [0.05, 0.1) is 30.6 Å². The van der Waals surface area contributed by atoms with E-state index in [1.807, 2.05) is 0 Å². The summed E-state index contributed by atoms with van der Waals surface area (Å²) in [4.78, 5) is 11.8. The van der Waals surface area contributed by atoms with Crippen LogP contribution in [0.5, 0.6) is 0 Å². The molecule has 1 heterocycles. The molecule has 88 valence electrons. The summed E-state index contributed by atoms with van der Waals surface area (Å²) < 4.78 is 30.2. The molecule has 8 heteroatoms. The lowest BCUT2D eigenvalue weighted by Crippen LogP contribution is -2.49. The van der Waals surface area contributed by atoms with Gasteiger partial charge in [0.15, 0.2) is 0 Å². The van der Waals surface area contributed by atoms with Crippen LogP contribution in [0, 0.1) is 0 Å². The highest BCUT2D eigenvalue weighted by molar-refractivity contribution is 7.74. The summed E-state index contributed by atoms with van der Waals surface area (Å²) in [5.74, 6) is 0. The maximum Gasteiger partial charge on any atom is 0.407 e. The molecule has 1 fully saturated rings. The molecule has 1 aliphatic heterocycles. The molecule has 1 N–H and O–H groups in total. The normalized spacial score (nSPS) is 26.0.